The largest absolute Gasteiger partial charge is 0.416 e. The van der Waals surface area contributed by atoms with Crippen molar-refractivity contribution in [3.05, 3.63) is 82.9 Å². The number of sulfonamides is 1. The van der Waals surface area contributed by atoms with Crippen LogP contribution >= 0.6 is 0 Å². The molecule has 3 N–H and O–H groups in total. The molecule has 3 unspecified atom stereocenters. The summed E-state index contributed by atoms with van der Waals surface area (Å²) < 4.78 is 66.6. The number of benzene rings is 2. The number of nitrogens with one attached hydrogen (secondary N) is 3. The van der Waals surface area contributed by atoms with Gasteiger partial charge in [-0.15, -0.1) is 0 Å². The highest BCUT2D eigenvalue weighted by Crippen LogP contribution is 2.31. The van der Waals surface area contributed by atoms with Gasteiger partial charge in [-0.25, -0.2) is 13.1 Å². The maximum Gasteiger partial charge on any atom is 0.416 e. The van der Waals surface area contributed by atoms with E-state index in [1.165, 1.54) is 24.0 Å². The van der Waals surface area contributed by atoms with Gasteiger partial charge in [0.25, 0.3) is 5.91 Å². The molecule has 3 atom stereocenters. The van der Waals surface area contributed by atoms with Crippen LogP contribution in [-0.2, 0) is 41.8 Å². The lowest BCUT2D eigenvalue weighted by atomic mass is 9.76. The predicted molar refractivity (Wildman–Crippen MR) is 181 cm³/mol. The van der Waals surface area contributed by atoms with Crippen molar-refractivity contribution >= 4 is 27.7 Å². The third-order valence-electron chi connectivity index (χ3n) is 8.31. The fourth-order valence-corrected chi connectivity index (χ4v) is 6.61. The minimum atomic E-state index is -4.65. The van der Waals surface area contributed by atoms with Gasteiger partial charge in [-0.1, -0.05) is 103 Å². The first-order chi connectivity index (χ1) is 21.9. The monoisotopic (exact) mass is 694 g/mol. The van der Waals surface area contributed by atoms with Gasteiger partial charge in [0, 0.05) is 18.0 Å². The molecular weight excluding hydrogens is 645 g/mol. The molecule has 3 amide bonds. The summed E-state index contributed by atoms with van der Waals surface area (Å²) in [6.07, 6.45) is -3.19. The van der Waals surface area contributed by atoms with E-state index in [1.807, 2.05) is 83.5 Å². The minimum Gasteiger partial charge on any atom is -0.342 e. The third kappa shape index (κ3) is 10.6. The molecule has 0 heterocycles. The second-order valence-electron chi connectivity index (χ2n) is 14.0. The van der Waals surface area contributed by atoms with Crippen molar-refractivity contribution in [2.75, 3.05) is 14.1 Å². The van der Waals surface area contributed by atoms with Crippen LogP contribution in [0.5, 0.6) is 0 Å². The van der Waals surface area contributed by atoms with E-state index in [0.29, 0.717) is 6.07 Å². The molecule has 0 aromatic heterocycles. The van der Waals surface area contributed by atoms with Gasteiger partial charge in [0.05, 0.1) is 23.4 Å². The molecule has 2 aromatic rings. The van der Waals surface area contributed by atoms with Crippen LogP contribution in [0.15, 0.2) is 66.2 Å². The zero-order valence-corrected chi connectivity index (χ0v) is 30.1. The Bertz CT molecular complexity index is 1580. The Morgan fingerprint density at radius 1 is 0.896 bits per heavy atom. The van der Waals surface area contributed by atoms with Crippen LogP contribution in [0, 0.1) is 11.3 Å². The van der Waals surface area contributed by atoms with E-state index in [-0.39, 0.29) is 23.0 Å². The van der Waals surface area contributed by atoms with Gasteiger partial charge in [0.15, 0.2) is 0 Å². The third-order valence-corrected chi connectivity index (χ3v) is 9.52. The molecule has 0 saturated heterocycles. The molecule has 0 spiro atoms. The number of nitrogens with zero attached hydrogens (tertiary/aromatic N) is 1. The van der Waals surface area contributed by atoms with Gasteiger partial charge in [-0.05, 0) is 42.5 Å². The number of halogens is 3. The standard InChI is InChI=1S/C35H49F3N4O5S/c1-22(2)27(19-23(3)30(43)41-48(46,47)21-24-15-14-18-26(20-24)35(36,37)38)42(10)32(45)29(33(4,5)6)40-31(44)28(39-9)34(7,8)25-16-12-11-13-17-25/h11-20,22,27-29,39H,21H2,1-10H3,(H,40,44)(H,41,43)/b23-19+. The van der Waals surface area contributed by atoms with E-state index in [2.05, 4.69) is 10.6 Å². The summed E-state index contributed by atoms with van der Waals surface area (Å²) in [6, 6.07) is 11.1. The number of carbonyl (C=O) groups is 3. The van der Waals surface area contributed by atoms with Crippen LogP contribution in [0.2, 0.25) is 0 Å². The number of carbonyl (C=O) groups excluding carboxylic acids is 3. The molecule has 9 nitrogen and oxygen atoms in total. The average molecular weight is 695 g/mol. The van der Waals surface area contributed by atoms with E-state index in [4.69, 9.17) is 0 Å². The van der Waals surface area contributed by atoms with Gasteiger partial charge < -0.3 is 15.5 Å². The Hall–Kier alpha value is -3.71. The Balaban J connectivity index is 2.29. The van der Waals surface area contributed by atoms with Gasteiger partial charge >= 0.3 is 6.18 Å². The van der Waals surface area contributed by atoms with Crippen molar-refractivity contribution < 1.29 is 36.0 Å². The summed E-state index contributed by atoms with van der Waals surface area (Å²) in [5.74, 6) is -2.84. The van der Waals surface area contributed by atoms with E-state index >= 15 is 0 Å². The molecule has 2 aromatic carbocycles. The first kappa shape index (κ1) is 40.5. The van der Waals surface area contributed by atoms with E-state index in [9.17, 15) is 36.0 Å². The number of hydrogen-bond donors (Lipinski definition) is 3. The highest BCUT2D eigenvalue weighted by Gasteiger charge is 2.41. The summed E-state index contributed by atoms with van der Waals surface area (Å²) in [4.78, 5) is 42.2. The number of amides is 3. The number of likely N-dealkylation sites (N-methyl/N-ethyl adjacent to an activating group) is 2. The molecule has 0 saturated carbocycles. The lowest BCUT2D eigenvalue weighted by Gasteiger charge is -2.40. The van der Waals surface area contributed by atoms with Gasteiger partial charge in [0.2, 0.25) is 21.8 Å². The van der Waals surface area contributed by atoms with Crippen LogP contribution in [0.25, 0.3) is 0 Å². The Morgan fingerprint density at radius 2 is 1.46 bits per heavy atom. The van der Waals surface area contributed by atoms with Crippen molar-refractivity contribution in [2.24, 2.45) is 11.3 Å². The van der Waals surface area contributed by atoms with Crippen LogP contribution < -0.4 is 15.4 Å². The highest BCUT2D eigenvalue weighted by molar-refractivity contribution is 7.89. The second kappa shape index (κ2) is 15.7. The van der Waals surface area contributed by atoms with E-state index < -0.39 is 68.3 Å². The van der Waals surface area contributed by atoms with Gasteiger partial charge in [-0.2, -0.15) is 13.2 Å². The molecule has 266 valence electrons. The molecule has 0 aliphatic heterocycles. The molecule has 48 heavy (non-hydrogen) atoms. The summed E-state index contributed by atoms with van der Waals surface area (Å²) in [6.45, 7) is 14.4. The van der Waals surface area contributed by atoms with E-state index in [0.717, 1.165) is 17.7 Å². The van der Waals surface area contributed by atoms with Crippen molar-refractivity contribution in [1.29, 1.82) is 0 Å². The molecule has 2 rings (SSSR count). The average Bonchev–Trinajstić information content (AvgIpc) is 2.97. The Labute approximate surface area is 282 Å². The molecule has 0 aliphatic rings. The fourth-order valence-electron chi connectivity index (χ4n) is 5.48. The zero-order chi connectivity index (χ0) is 36.8. The quantitative estimate of drug-likeness (QED) is 0.249. The topological polar surface area (TPSA) is 125 Å². The number of rotatable bonds is 13. The minimum absolute atomic E-state index is 0.0165. The van der Waals surface area contributed by atoms with E-state index in [1.54, 1.807) is 14.1 Å². The predicted octanol–water partition coefficient (Wildman–Crippen LogP) is 5.18. The second-order valence-corrected chi connectivity index (χ2v) is 15.8. The number of hydrogen-bond acceptors (Lipinski definition) is 6. The SMILES string of the molecule is CNC(C(=O)NC(C(=O)N(C)C(/C=C(\C)C(=O)NS(=O)(=O)Cc1cccc(C(F)(F)F)c1)C(C)C)C(C)(C)C)C(C)(C)c1ccccc1. The normalized spacial score (nSPS) is 15.0. The summed E-state index contributed by atoms with van der Waals surface area (Å²) in [5, 5.41) is 6.06. The van der Waals surface area contributed by atoms with Crippen molar-refractivity contribution in [1.82, 2.24) is 20.3 Å². The fraction of sp³-hybridized carbons (Fsp3) is 0.514. The zero-order valence-electron chi connectivity index (χ0n) is 29.3. The smallest absolute Gasteiger partial charge is 0.342 e. The lowest BCUT2D eigenvalue weighted by molar-refractivity contribution is -0.141. The number of alkyl halides is 3. The molecule has 0 bridgehead atoms. The lowest BCUT2D eigenvalue weighted by Crippen LogP contribution is -2.61. The Kier molecular flexibility index (Phi) is 13.2. The first-order valence-corrected chi connectivity index (χ1v) is 17.3. The van der Waals surface area contributed by atoms with Crippen LogP contribution in [0.3, 0.4) is 0 Å². The van der Waals surface area contributed by atoms with Gasteiger partial charge in [0.1, 0.15) is 6.04 Å². The summed E-state index contributed by atoms with van der Waals surface area (Å²) in [5.41, 5.74) is -1.57. The molecular formula is C35H49F3N4O5S. The van der Waals surface area contributed by atoms with Crippen molar-refractivity contribution in [3.8, 4) is 0 Å². The molecule has 0 radical (unpaired) electrons. The van der Waals surface area contributed by atoms with Gasteiger partial charge in [-0.3, -0.25) is 14.4 Å². The molecule has 0 fully saturated rings. The maximum absolute atomic E-state index is 14.1. The first-order valence-electron chi connectivity index (χ1n) is 15.6. The highest BCUT2D eigenvalue weighted by atomic mass is 32.2. The molecule has 0 aliphatic carbocycles. The van der Waals surface area contributed by atoms with Crippen molar-refractivity contribution in [2.45, 2.75) is 90.9 Å². The summed E-state index contributed by atoms with van der Waals surface area (Å²) >= 11 is 0. The van der Waals surface area contributed by atoms with Crippen LogP contribution in [-0.4, -0.2) is 63.3 Å². The van der Waals surface area contributed by atoms with Crippen molar-refractivity contribution in [3.63, 3.8) is 0 Å². The maximum atomic E-state index is 14.1. The molecule has 13 heteroatoms. The summed E-state index contributed by atoms with van der Waals surface area (Å²) in [7, 11) is -1.13. The van der Waals surface area contributed by atoms with Crippen LogP contribution in [0.4, 0.5) is 13.2 Å². The van der Waals surface area contributed by atoms with Crippen LogP contribution in [0.1, 0.15) is 72.1 Å². The Morgan fingerprint density at radius 3 is 1.96 bits per heavy atom.